The van der Waals surface area contributed by atoms with E-state index in [1.165, 1.54) is 11.1 Å². The van der Waals surface area contributed by atoms with Crippen molar-refractivity contribution in [3.63, 3.8) is 0 Å². The van der Waals surface area contributed by atoms with Crippen LogP contribution in [0.5, 0.6) is 0 Å². The lowest BCUT2D eigenvalue weighted by Crippen LogP contribution is -2.13. The second-order valence-corrected chi connectivity index (χ2v) is 5.79. The van der Waals surface area contributed by atoms with Crippen molar-refractivity contribution in [2.75, 3.05) is 5.73 Å². The number of nitrogen functional groups attached to an aromatic ring is 1. The zero-order valence-electron chi connectivity index (χ0n) is 11.6. The molecule has 0 amide bonds. The Morgan fingerprint density at radius 2 is 1.89 bits per heavy atom. The molecule has 1 heterocycles. The van der Waals surface area contributed by atoms with Crippen LogP contribution in [-0.4, -0.2) is 9.78 Å². The standard InChI is InChI=1S/C15H21N3/c1-11-7-5-6-8-12(11)10-18-14(16)9-13(17-18)15(2,3)4/h5-9H,10,16H2,1-4H3. The first-order valence-corrected chi connectivity index (χ1v) is 6.26. The highest BCUT2D eigenvalue weighted by atomic mass is 15.3. The number of hydrogen-bond donors (Lipinski definition) is 1. The van der Waals surface area contributed by atoms with Gasteiger partial charge in [-0.15, -0.1) is 0 Å². The molecule has 18 heavy (non-hydrogen) atoms. The predicted molar refractivity (Wildman–Crippen MR) is 75.6 cm³/mol. The third-order valence-corrected chi connectivity index (χ3v) is 3.16. The first kappa shape index (κ1) is 12.7. The van der Waals surface area contributed by atoms with E-state index in [4.69, 9.17) is 5.73 Å². The van der Waals surface area contributed by atoms with Gasteiger partial charge in [0.2, 0.25) is 0 Å². The zero-order valence-corrected chi connectivity index (χ0v) is 11.6. The quantitative estimate of drug-likeness (QED) is 0.880. The van der Waals surface area contributed by atoms with Crippen LogP contribution in [-0.2, 0) is 12.0 Å². The van der Waals surface area contributed by atoms with Gasteiger partial charge >= 0.3 is 0 Å². The van der Waals surface area contributed by atoms with Crippen molar-refractivity contribution in [1.29, 1.82) is 0 Å². The number of benzene rings is 1. The van der Waals surface area contributed by atoms with Crippen LogP contribution in [0.25, 0.3) is 0 Å². The van der Waals surface area contributed by atoms with Crippen LogP contribution in [0, 0.1) is 6.92 Å². The van der Waals surface area contributed by atoms with E-state index in [9.17, 15) is 0 Å². The summed E-state index contributed by atoms with van der Waals surface area (Å²) in [7, 11) is 0. The van der Waals surface area contributed by atoms with Crippen LogP contribution in [0.1, 0.15) is 37.6 Å². The van der Waals surface area contributed by atoms with Crippen LogP contribution in [0.15, 0.2) is 30.3 Å². The van der Waals surface area contributed by atoms with Gasteiger partial charge in [-0.25, -0.2) is 4.68 Å². The Hall–Kier alpha value is -1.77. The third kappa shape index (κ3) is 2.55. The van der Waals surface area contributed by atoms with Crippen LogP contribution in [0.3, 0.4) is 0 Å². The van der Waals surface area contributed by atoms with Crippen molar-refractivity contribution in [2.24, 2.45) is 0 Å². The lowest BCUT2D eigenvalue weighted by molar-refractivity contribution is 0.546. The Morgan fingerprint density at radius 3 is 2.44 bits per heavy atom. The minimum absolute atomic E-state index is 0.0328. The van der Waals surface area contributed by atoms with Gasteiger partial charge in [-0.1, -0.05) is 45.0 Å². The fourth-order valence-corrected chi connectivity index (χ4v) is 1.87. The van der Waals surface area contributed by atoms with E-state index in [-0.39, 0.29) is 5.41 Å². The van der Waals surface area contributed by atoms with E-state index in [0.29, 0.717) is 0 Å². The first-order chi connectivity index (χ1) is 8.38. The molecule has 3 nitrogen and oxygen atoms in total. The van der Waals surface area contributed by atoms with Gasteiger partial charge in [0.05, 0.1) is 12.2 Å². The molecule has 0 aliphatic rings. The zero-order chi connectivity index (χ0) is 13.3. The molecule has 0 saturated heterocycles. The van der Waals surface area contributed by atoms with E-state index in [0.717, 1.165) is 18.1 Å². The molecule has 0 aliphatic heterocycles. The molecule has 0 fully saturated rings. The third-order valence-electron chi connectivity index (χ3n) is 3.16. The van der Waals surface area contributed by atoms with Crippen molar-refractivity contribution in [1.82, 2.24) is 9.78 Å². The van der Waals surface area contributed by atoms with Crippen molar-refractivity contribution in [2.45, 2.75) is 39.7 Å². The molecule has 0 saturated carbocycles. The van der Waals surface area contributed by atoms with Crippen LogP contribution < -0.4 is 5.73 Å². The highest BCUT2D eigenvalue weighted by Gasteiger charge is 2.19. The van der Waals surface area contributed by atoms with Gasteiger partial charge in [0, 0.05) is 11.5 Å². The average Bonchev–Trinajstić information content (AvgIpc) is 2.63. The fourth-order valence-electron chi connectivity index (χ4n) is 1.87. The summed E-state index contributed by atoms with van der Waals surface area (Å²) in [6.07, 6.45) is 0. The largest absolute Gasteiger partial charge is 0.384 e. The van der Waals surface area contributed by atoms with Crippen molar-refractivity contribution in [3.8, 4) is 0 Å². The Morgan fingerprint density at radius 1 is 1.22 bits per heavy atom. The maximum absolute atomic E-state index is 6.04. The van der Waals surface area contributed by atoms with Gasteiger partial charge in [0.25, 0.3) is 0 Å². The molecule has 0 aliphatic carbocycles. The Labute approximate surface area is 109 Å². The number of nitrogens with two attached hydrogens (primary N) is 1. The average molecular weight is 243 g/mol. The molecular weight excluding hydrogens is 222 g/mol. The normalized spacial score (nSPS) is 11.8. The van der Waals surface area contributed by atoms with Crippen LogP contribution in [0.4, 0.5) is 5.82 Å². The Bertz CT molecular complexity index is 547. The lowest BCUT2D eigenvalue weighted by atomic mass is 9.92. The van der Waals surface area contributed by atoms with Crippen LogP contribution in [0.2, 0.25) is 0 Å². The summed E-state index contributed by atoms with van der Waals surface area (Å²) in [5, 5.41) is 4.61. The summed E-state index contributed by atoms with van der Waals surface area (Å²) in [4.78, 5) is 0. The molecule has 1 aromatic carbocycles. The molecule has 0 bridgehead atoms. The summed E-state index contributed by atoms with van der Waals surface area (Å²) in [5.41, 5.74) is 9.63. The number of hydrogen-bond acceptors (Lipinski definition) is 2. The monoisotopic (exact) mass is 243 g/mol. The molecule has 0 spiro atoms. The first-order valence-electron chi connectivity index (χ1n) is 6.26. The second-order valence-electron chi connectivity index (χ2n) is 5.79. The Kier molecular flexibility index (Phi) is 3.16. The van der Waals surface area contributed by atoms with Gasteiger partial charge in [-0.2, -0.15) is 5.10 Å². The minimum atomic E-state index is 0.0328. The summed E-state index contributed by atoms with van der Waals surface area (Å²) in [6.45, 7) is 9.28. The number of anilines is 1. The molecule has 2 rings (SSSR count). The smallest absolute Gasteiger partial charge is 0.122 e. The van der Waals surface area contributed by atoms with Crippen molar-refractivity contribution < 1.29 is 0 Å². The van der Waals surface area contributed by atoms with E-state index >= 15 is 0 Å². The topological polar surface area (TPSA) is 43.8 Å². The van der Waals surface area contributed by atoms with E-state index < -0.39 is 0 Å². The maximum Gasteiger partial charge on any atom is 0.122 e. The number of rotatable bonds is 2. The molecule has 2 aromatic rings. The molecule has 0 atom stereocenters. The molecule has 2 N–H and O–H groups in total. The van der Waals surface area contributed by atoms with Gasteiger partial charge in [-0.3, -0.25) is 0 Å². The van der Waals surface area contributed by atoms with E-state index in [1.807, 2.05) is 22.9 Å². The number of nitrogens with zero attached hydrogens (tertiary/aromatic N) is 2. The number of aryl methyl sites for hydroxylation is 1. The van der Waals surface area contributed by atoms with E-state index in [1.54, 1.807) is 0 Å². The van der Waals surface area contributed by atoms with Crippen LogP contribution >= 0.6 is 0 Å². The van der Waals surface area contributed by atoms with Gasteiger partial charge < -0.3 is 5.73 Å². The molecule has 96 valence electrons. The highest BCUT2D eigenvalue weighted by Crippen LogP contribution is 2.23. The minimum Gasteiger partial charge on any atom is -0.384 e. The summed E-state index contributed by atoms with van der Waals surface area (Å²) < 4.78 is 1.88. The summed E-state index contributed by atoms with van der Waals surface area (Å²) in [6, 6.07) is 10.3. The lowest BCUT2D eigenvalue weighted by Gasteiger charge is -2.14. The molecule has 3 heteroatoms. The van der Waals surface area contributed by atoms with Crippen molar-refractivity contribution >= 4 is 5.82 Å². The van der Waals surface area contributed by atoms with E-state index in [2.05, 4.69) is 44.9 Å². The van der Waals surface area contributed by atoms with Gasteiger partial charge in [0.1, 0.15) is 5.82 Å². The molecular formula is C15H21N3. The predicted octanol–water partition coefficient (Wildman–Crippen LogP) is 3.12. The number of aromatic nitrogens is 2. The molecule has 1 aromatic heterocycles. The molecule has 0 radical (unpaired) electrons. The highest BCUT2D eigenvalue weighted by molar-refractivity contribution is 5.35. The summed E-state index contributed by atoms with van der Waals surface area (Å²) in [5.74, 6) is 0.725. The fraction of sp³-hybridized carbons (Fsp3) is 0.400. The molecule has 0 unspecified atom stereocenters. The van der Waals surface area contributed by atoms with Crippen molar-refractivity contribution in [3.05, 3.63) is 47.2 Å². The van der Waals surface area contributed by atoms with Gasteiger partial charge in [-0.05, 0) is 18.1 Å². The summed E-state index contributed by atoms with van der Waals surface area (Å²) >= 11 is 0. The Balaban J connectivity index is 2.31. The maximum atomic E-state index is 6.04. The SMILES string of the molecule is Cc1ccccc1Cn1nc(C(C)(C)C)cc1N. The second kappa shape index (κ2) is 4.48. The van der Waals surface area contributed by atoms with Gasteiger partial charge in [0.15, 0.2) is 0 Å².